The lowest BCUT2D eigenvalue weighted by molar-refractivity contribution is -0.130. The summed E-state index contributed by atoms with van der Waals surface area (Å²) >= 11 is 0. The molecular weight excluding hydrogens is 304 g/mol. The minimum Gasteiger partial charge on any atom is -0.363 e. The van der Waals surface area contributed by atoms with E-state index in [1.165, 1.54) is 0 Å². The molecule has 0 radical (unpaired) electrons. The second kappa shape index (κ2) is 6.90. The molecule has 7 nitrogen and oxygen atoms in total. The average molecular weight is 326 g/mol. The molecule has 0 N–H and O–H groups in total. The fourth-order valence-corrected chi connectivity index (χ4v) is 2.92. The second-order valence-corrected chi connectivity index (χ2v) is 6.26. The number of piperidine rings is 1. The summed E-state index contributed by atoms with van der Waals surface area (Å²) in [4.78, 5) is 33.3. The number of hydrogen-bond acceptors (Lipinski definition) is 6. The predicted molar refractivity (Wildman–Crippen MR) is 91.6 cm³/mol. The van der Waals surface area contributed by atoms with E-state index in [2.05, 4.69) is 15.0 Å². The van der Waals surface area contributed by atoms with Gasteiger partial charge in [0.05, 0.1) is 11.9 Å². The van der Waals surface area contributed by atoms with Crippen molar-refractivity contribution in [1.29, 1.82) is 0 Å². The summed E-state index contributed by atoms with van der Waals surface area (Å²) in [5.74, 6) is 1.75. The van der Waals surface area contributed by atoms with Crippen molar-refractivity contribution in [2.75, 3.05) is 32.1 Å². The maximum absolute atomic E-state index is 11.7. The van der Waals surface area contributed by atoms with Gasteiger partial charge in [-0.1, -0.05) is 0 Å². The van der Waals surface area contributed by atoms with Crippen molar-refractivity contribution in [3.05, 3.63) is 30.4 Å². The van der Waals surface area contributed by atoms with Crippen LogP contribution in [0.3, 0.4) is 0 Å². The van der Waals surface area contributed by atoms with E-state index in [4.69, 9.17) is 4.98 Å². The van der Waals surface area contributed by atoms with Gasteiger partial charge in [-0.3, -0.25) is 9.78 Å². The van der Waals surface area contributed by atoms with E-state index in [1.807, 2.05) is 30.0 Å². The molecule has 24 heavy (non-hydrogen) atoms. The number of amides is 1. The van der Waals surface area contributed by atoms with E-state index in [0.717, 1.165) is 30.9 Å². The summed E-state index contributed by atoms with van der Waals surface area (Å²) in [5.41, 5.74) is 1.61. The molecule has 1 amide bonds. The van der Waals surface area contributed by atoms with Crippen LogP contribution in [0.4, 0.5) is 5.82 Å². The molecule has 1 aliphatic heterocycles. The molecule has 0 bridgehead atoms. The third-order valence-corrected chi connectivity index (χ3v) is 4.27. The highest BCUT2D eigenvalue weighted by Gasteiger charge is 2.25. The largest absolute Gasteiger partial charge is 0.363 e. The Labute approximate surface area is 141 Å². The van der Waals surface area contributed by atoms with Crippen molar-refractivity contribution in [2.45, 2.75) is 25.7 Å². The van der Waals surface area contributed by atoms with Gasteiger partial charge in [-0.15, -0.1) is 0 Å². The number of hydrogen-bond donors (Lipinski definition) is 0. The van der Waals surface area contributed by atoms with Gasteiger partial charge < -0.3 is 9.80 Å². The van der Waals surface area contributed by atoms with Crippen LogP contribution in [0.2, 0.25) is 0 Å². The average Bonchev–Trinajstić information content (AvgIpc) is 2.62. The molecule has 0 saturated carbocycles. The van der Waals surface area contributed by atoms with Crippen LogP contribution in [0.5, 0.6) is 0 Å². The van der Waals surface area contributed by atoms with Gasteiger partial charge in [-0.2, -0.15) is 0 Å². The van der Waals surface area contributed by atoms with E-state index in [9.17, 15) is 4.79 Å². The maximum Gasteiger partial charge on any atom is 0.219 e. The molecule has 1 fully saturated rings. The minimum absolute atomic E-state index is 0.121. The lowest BCUT2D eigenvalue weighted by atomic mass is 9.94. The fourth-order valence-electron chi connectivity index (χ4n) is 2.92. The lowest BCUT2D eigenvalue weighted by Crippen LogP contribution is -2.38. The molecular formula is C17H22N6O. The zero-order valence-corrected chi connectivity index (χ0v) is 14.3. The topological polar surface area (TPSA) is 75.1 Å². The number of rotatable bonds is 3. The third kappa shape index (κ3) is 3.50. The van der Waals surface area contributed by atoms with Crippen molar-refractivity contribution in [3.8, 4) is 11.5 Å². The fraction of sp³-hybridized carbons (Fsp3) is 0.471. The zero-order chi connectivity index (χ0) is 17.1. The Balaban J connectivity index is 1.98. The number of carbonyl (C=O) groups excluding carboxylic acids is 1. The van der Waals surface area contributed by atoms with Crippen LogP contribution in [0, 0.1) is 0 Å². The SMILES string of the molecule is CC(=O)N1CCCC(c2cc(N(C)C)nc(-c3cnccn3)n2)C1. The number of carbonyl (C=O) groups is 1. The minimum atomic E-state index is 0.121. The molecule has 126 valence electrons. The van der Waals surface area contributed by atoms with Crippen molar-refractivity contribution >= 4 is 11.7 Å². The van der Waals surface area contributed by atoms with Crippen LogP contribution >= 0.6 is 0 Å². The lowest BCUT2D eigenvalue weighted by Gasteiger charge is -2.32. The smallest absolute Gasteiger partial charge is 0.219 e. The van der Waals surface area contributed by atoms with Gasteiger partial charge in [-0.25, -0.2) is 15.0 Å². The van der Waals surface area contributed by atoms with Gasteiger partial charge in [0.15, 0.2) is 5.82 Å². The Hall–Kier alpha value is -2.57. The van der Waals surface area contributed by atoms with Crippen LogP contribution in [-0.2, 0) is 4.79 Å². The summed E-state index contributed by atoms with van der Waals surface area (Å²) < 4.78 is 0. The standard InChI is InChI=1S/C17H22N6O/c1-12(24)23-8-4-5-13(11-23)14-9-16(22(2)3)21-17(20-14)15-10-18-6-7-19-15/h6-7,9-10,13H,4-5,8,11H2,1-3H3. The number of nitrogens with zero attached hydrogens (tertiary/aromatic N) is 6. The summed E-state index contributed by atoms with van der Waals surface area (Å²) in [5, 5.41) is 0. The summed E-state index contributed by atoms with van der Waals surface area (Å²) in [6.07, 6.45) is 6.95. The Morgan fingerprint density at radius 2 is 2.12 bits per heavy atom. The van der Waals surface area contributed by atoms with E-state index in [1.54, 1.807) is 25.5 Å². The predicted octanol–water partition coefficient (Wildman–Crippen LogP) is 1.73. The Kier molecular flexibility index (Phi) is 4.69. The number of likely N-dealkylation sites (tertiary alicyclic amines) is 1. The van der Waals surface area contributed by atoms with E-state index in [0.29, 0.717) is 18.1 Å². The van der Waals surface area contributed by atoms with Crippen molar-refractivity contribution in [2.24, 2.45) is 0 Å². The van der Waals surface area contributed by atoms with Crippen LogP contribution < -0.4 is 4.90 Å². The number of aromatic nitrogens is 4. The van der Waals surface area contributed by atoms with Gasteiger partial charge >= 0.3 is 0 Å². The van der Waals surface area contributed by atoms with Gasteiger partial charge in [0.25, 0.3) is 0 Å². The second-order valence-electron chi connectivity index (χ2n) is 6.26. The highest BCUT2D eigenvalue weighted by molar-refractivity contribution is 5.73. The number of anilines is 1. The maximum atomic E-state index is 11.7. The van der Waals surface area contributed by atoms with E-state index < -0.39 is 0 Å². The molecule has 7 heteroatoms. The Morgan fingerprint density at radius 3 is 2.79 bits per heavy atom. The molecule has 2 aromatic heterocycles. The van der Waals surface area contributed by atoms with Crippen molar-refractivity contribution in [3.63, 3.8) is 0 Å². The van der Waals surface area contributed by atoms with Crippen LogP contribution in [-0.4, -0.2) is 57.9 Å². The quantitative estimate of drug-likeness (QED) is 0.855. The third-order valence-electron chi connectivity index (χ3n) is 4.27. The van der Waals surface area contributed by atoms with E-state index >= 15 is 0 Å². The van der Waals surface area contributed by atoms with Gasteiger partial charge in [0.2, 0.25) is 5.91 Å². The zero-order valence-electron chi connectivity index (χ0n) is 14.3. The Morgan fingerprint density at radius 1 is 1.29 bits per heavy atom. The van der Waals surface area contributed by atoms with Gasteiger partial charge in [0, 0.05) is 58.5 Å². The van der Waals surface area contributed by atoms with Crippen LogP contribution in [0.15, 0.2) is 24.7 Å². The molecule has 1 saturated heterocycles. The van der Waals surface area contributed by atoms with Crippen molar-refractivity contribution < 1.29 is 4.79 Å². The highest BCUT2D eigenvalue weighted by Crippen LogP contribution is 2.29. The molecule has 3 rings (SSSR count). The molecule has 1 aliphatic rings. The van der Waals surface area contributed by atoms with Gasteiger partial charge in [-0.05, 0) is 12.8 Å². The first kappa shape index (κ1) is 16.3. The molecule has 1 atom stereocenters. The van der Waals surface area contributed by atoms with Crippen LogP contribution in [0.1, 0.15) is 31.4 Å². The molecule has 1 unspecified atom stereocenters. The normalized spacial score (nSPS) is 17.6. The van der Waals surface area contributed by atoms with Crippen molar-refractivity contribution in [1.82, 2.24) is 24.8 Å². The first-order valence-corrected chi connectivity index (χ1v) is 8.13. The monoisotopic (exact) mass is 326 g/mol. The van der Waals surface area contributed by atoms with Crippen LogP contribution in [0.25, 0.3) is 11.5 Å². The molecule has 3 heterocycles. The summed E-state index contributed by atoms with van der Waals surface area (Å²) in [6.45, 7) is 3.16. The van der Waals surface area contributed by atoms with E-state index in [-0.39, 0.29) is 11.8 Å². The molecule has 0 spiro atoms. The molecule has 0 aromatic carbocycles. The van der Waals surface area contributed by atoms with Gasteiger partial charge in [0.1, 0.15) is 11.5 Å². The molecule has 2 aromatic rings. The Bertz CT molecular complexity index is 718. The first-order valence-electron chi connectivity index (χ1n) is 8.13. The highest BCUT2D eigenvalue weighted by atomic mass is 16.2. The summed E-state index contributed by atoms with van der Waals surface area (Å²) in [7, 11) is 3.91. The molecule has 0 aliphatic carbocycles. The summed E-state index contributed by atoms with van der Waals surface area (Å²) in [6, 6.07) is 2.01. The first-order chi connectivity index (χ1) is 11.5.